The molecule has 1 aromatic carbocycles. The highest BCUT2D eigenvalue weighted by molar-refractivity contribution is 6.21. The highest BCUT2D eigenvalue weighted by Gasteiger charge is 2.24. The highest BCUT2D eigenvalue weighted by atomic mass is 35.5. The molecule has 3 rings (SSSR count). The molecule has 1 aliphatic heterocycles. The van der Waals surface area contributed by atoms with Crippen molar-refractivity contribution in [3.8, 4) is 0 Å². The zero-order valence-corrected chi connectivity index (χ0v) is 12.0. The van der Waals surface area contributed by atoms with Gasteiger partial charge in [-0.2, -0.15) is 0 Å². The van der Waals surface area contributed by atoms with Crippen LogP contribution in [0.5, 0.6) is 0 Å². The number of para-hydroxylation sites is 1. The Hall–Kier alpha value is -1.12. The van der Waals surface area contributed by atoms with Gasteiger partial charge in [-0.15, -0.1) is 11.6 Å². The third kappa shape index (κ3) is 2.90. The maximum absolute atomic E-state index is 6.36. The van der Waals surface area contributed by atoms with Gasteiger partial charge in [-0.1, -0.05) is 31.2 Å². The number of alkyl halides is 1. The van der Waals surface area contributed by atoms with Crippen molar-refractivity contribution in [1.29, 1.82) is 0 Å². The summed E-state index contributed by atoms with van der Waals surface area (Å²) in [5, 5.41) is 1.47. The number of likely N-dealkylation sites (tertiary alicyclic amines) is 1. The topological polar surface area (TPSA) is 16.1 Å². The summed E-state index contributed by atoms with van der Waals surface area (Å²) in [5.41, 5.74) is 2.21. The molecule has 2 unspecified atom stereocenters. The van der Waals surface area contributed by atoms with Crippen LogP contribution < -0.4 is 0 Å². The molecule has 0 saturated carbocycles. The van der Waals surface area contributed by atoms with E-state index in [0.29, 0.717) is 5.92 Å². The van der Waals surface area contributed by atoms with Gasteiger partial charge >= 0.3 is 0 Å². The molecule has 19 heavy (non-hydrogen) atoms. The average Bonchev–Trinajstić information content (AvgIpc) is 2.43. The smallest absolute Gasteiger partial charge is 0.0705 e. The van der Waals surface area contributed by atoms with Crippen molar-refractivity contribution in [3.05, 3.63) is 42.1 Å². The maximum Gasteiger partial charge on any atom is 0.0705 e. The summed E-state index contributed by atoms with van der Waals surface area (Å²) in [6, 6.07) is 12.5. The van der Waals surface area contributed by atoms with Crippen molar-refractivity contribution in [2.45, 2.75) is 25.3 Å². The van der Waals surface area contributed by atoms with E-state index in [1.54, 1.807) is 0 Å². The molecule has 0 bridgehead atoms. The van der Waals surface area contributed by atoms with E-state index in [1.165, 1.54) is 11.8 Å². The van der Waals surface area contributed by atoms with Crippen LogP contribution in [0.25, 0.3) is 10.9 Å². The molecule has 0 amide bonds. The summed E-state index contributed by atoms with van der Waals surface area (Å²) in [6.07, 6.45) is 1.18. The third-order valence-electron chi connectivity index (χ3n) is 3.99. The van der Waals surface area contributed by atoms with Crippen molar-refractivity contribution in [3.63, 3.8) is 0 Å². The zero-order chi connectivity index (χ0) is 13.2. The molecule has 3 heteroatoms. The first-order valence-corrected chi connectivity index (χ1v) is 7.37. The van der Waals surface area contributed by atoms with Gasteiger partial charge in [0, 0.05) is 23.9 Å². The standard InChI is InChI=1S/C16H19ClN2/c1-12-8-9-19(11-15(12)17)10-14-7-6-13-4-2-3-5-16(13)18-14/h2-7,12,15H,8-11H2,1H3. The summed E-state index contributed by atoms with van der Waals surface area (Å²) < 4.78 is 0. The number of aromatic nitrogens is 1. The average molecular weight is 275 g/mol. The van der Waals surface area contributed by atoms with Crippen LogP contribution in [-0.4, -0.2) is 28.4 Å². The number of benzene rings is 1. The quantitative estimate of drug-likeness (QED) is 0.777. The van der Waals surface area contributed by atoms with Crippen LogP contribution in [0.15, 0.2) is 36.4 Å². The van der Waals surface area contributed by atoms with Crippen LogP contribution in [0.3, 0.4) is 0 Å². The van der Waals surface area contributed by atoms with Gasteiger partial charge in [0.25, 0.3) is 0 Å². The van der Waals surface area contributed by atoms with Gasteiger partial charge in [0.1, 0.15) is 0 Å². The Labute approximate surface area is 119 Å². The van der Waals surface area contributed by atoms with E-state index in [-0.39, 0.29) is 5.38 Å². The molecular formula is C16H19ClN2. The molecule has 1 aliphatic rings. The van der Waals surface area contributed by atoms with Gasteiger partial charge < -0.3 is 0 Å². The Bertz CT molecular complexity index is 569. The molecule has 2 aromatic rings. The van der Waals surface area contributed by atoms with Crippen LogP contribution in [0.4, 0.5) is 0 Å². The lowest BCUT2D eigenvalue weighted by molar-refractivity contribution is 0.187. The van der Waals surface area contributed by atoms with E-state index in [1.807, 2.05) is 12.1 Å². The molecular weight excluding hydrogens is 256 g/mol. The van der Waals surface area contributed by atoms with E-state index >= 15 is 0 Å². The number of nitrogens with zero attached hydrogens (tertiary/aromatic N) is 2. The van der Waals surface area contributed by atoms with Gasteiger partial charge in [0.2, 0.25) is 0 Å². The van der Waals surface area contributed by atoms with Crippen molar-refractivity contribution in [1.82, 2.24) is 9.88 Å². The second kappa shape index (κ2) is 5.48. The monoisotopic (exact) mass is 274 g/mol. The second-order valence-electron chi connectivity index (χ2n) is 5.51. The van der Waals surface area contributed by atoms with Gasteiger partial charge in [-0.3, -0.25) is 9.88 Å². The van der Waals surface area contributed by atoms with Crippen LogP contribution in [0.1, 0.15) is 19.0 Å². The number of hydrogen-bond acceptors (Lipinski definition) is 2. The van der Waals surface area contributed by atoms with Crippen LogP contribution in [0, 0.1) is 5.92 Å². The number of hydrogen-bond donors (Lipinski definition) is 0. The van der Waals surface area contributed by atoms with E-state index < -0.39 is 0 Å². The lowest BCUT2D eigenvalue weighted by atomic mass is 9.98. The second-order valence-corrected chi connectivity index (χ2v) is 6.07. The minimum atomic E-state index is 0.272. The van der Waals surface area contributed by atoms with Gasteiger partial charge in [-0.05, 0) is 31.0 Å². The molecule has 1 saturated heterocycles. The van der Waals surface area contributed by atoms with Crippen LogP contribution in [0.2, 0.25) is 0 Å². The predicted molar refractivity (Wildman–Crippen MR) is 80.4 cm³/mol. The Balaban J connectivity index is 1.74. The largest absolute Gasteiger partial charge is 0.296 e. The summed E-state index contributed by atoms with van der Waals surface area (Å²) in [4.78, 5) is 7.14. The Morgan fingerprint density at radius 3 is 2.95 bits per heavy atom. The minimum Gasteiger partial charge on any atom is -0.296 e. The predicted octanol–water partition coefficient (Wildman–Crippen LogP) is 3.68. The lowest BCUT2D eigenvalue weighted by Crippen LogP contribution is -2.39. The third-order valence-corrected chi connectivity index (χ3v) is 4.56. The molecule has 0 aliphatic carbocycles. The molecule has 1 aromatic heterocycles. The van der Waals surface area contributed by atoms with E-state index in [9.17, 15) is 0 Å². The summed E-state index contributed by atoms with van der Waals surface area (Å²) in [5.74, 6) is 0.627. The molecule has 2 heterocycles. The molecule has 0 radical (unpaired) electrons. The van der Waals surface area contributed by atoms with E-state index in [2.05, 4.69) is 36.1 Å². The number of fused-ring (bicyclic) bond motifs is 1. The van der Waals surface area contributed by atoms with Crippen molar-refractivity contribution in [2.75, 3.05) is 13.1 Å². The zero-order valence-electron chi connectivity index (χ0n) is 11.2. The number of piperidine rings is 1. The molecule has 100 valence electrons. The Morgan fingerprint density at radius 1 is 1.26 bits per heavy atom. The highest BCUT2D eigenvalue weighted by Crippen LogP contribution is 2.23. The van der Waals surface area contributed by atoms with Crippen LogP contribution >= 0.6 is 11.6 Å². The van der Waals surface area contributed by atoms with Gasteiger partial charge in [0.05, 0.1) is 11.2 Å². The molecule has 0 N–H and O–H groups in total. The fourth-order valence-corrected chi connectivity index (χ4v) is 2.98. The fourth-order valence-electron chi connectivity index (χ4n) is 2.65. The first kappa shape index (κ1) is 12.9. The number of halogens is 1. The number of rotatable bonds is 2. The molecule has 1 fully saturated rings. The van der Waals surface area contributed by atoms with Gasteiger partial charge in [0.15, 0.2) is 0 Å². The van der Waals surface area contributed by atoms with Crippen LogP contribution in [-0.2, 0) is 6.54 Å². The number of pyridine rings is 1. The SMILES string of the molecule is CC1CCN(Cc2ccc3ccccc3n2)CC1Cl. The summed E-state index contributed by atoms with van der Waals surface area (Å²) in [6.45, 7) is 5.24. The molecule has 0 spiro atoms. The lowest BCUT2D eigenvalue weighted by Gasteiger charge is -2.33. The van der Waals surface area contributed by atoms with Gasteiger partial charge in [-0.25, -0.2) is 0 Å². The first-order valence-electron chi connectivity index (χ1n) is 6.93. The Kier molecular flexibility index (Phi) is 3.72. The van der Waals surface area contributed by atoms with Crippen molar-refractivity contribution in [2.24, 2.45) is 5.92 Å². The summed E-state index contributed by atoms with van der Waals surface area (Å²) >= 11 is 6.36. The molecule has 2 atom stereocenters. The van der Waals surface area contributed by atoms with E-state index in [4.69, 9.17) is 16.6 Å². The first-order chi connectivity index (χ1) is 9.22. The maximum atomic E-state index is 6.36. The van der Waals surface area contributed by atoms with Crippen molar-refractivity contribution >= 4 is 22.5 Å². The molecule has 2 nitrogen and oxygen atoms in total. The van der Waals surface area contributed by atoms with Crippen molar-refractivity contribution < 1.29 is 0 Å². The Morgan fingerprint density at radius 2 is 2.11 bits per heavy atom. The summed E-state index contributed by atoms with van der Waals surface area (Å²) in [7, 11) is 0. The van der Waals surface area contributed by atoms with E-state index in [0.717, 1.165) is 30.8 Å². The minimum absolute atomic E-state index is 0.272. The fraction of sp³-hybridized carbons (Fsp3) is 0.438. The normalized spacial score (nSPS) is 24.7.